The standard InChI is InChI=1S/C11H15N3O4/c1-7(4-5-15)13-9-3-2-8(11(12)16)6-10(9)14(17)18/h2-3,6-7,13,15H,4-5H2,1H3,(H2,12,16). The fourth-order valence-electron chi connectivity index (χ4n) is 1.49. The number of aliphatic hydroxyl groups is 1. The number of aliphatic hydroxyl groups excluding tert-OH is 1. The number of nitro benzene ring substituents is 1. The van der Waals surface area contributed by atoms with E-state index in [4.69, 9.17) is 10.8 Å². The van der Waals surface area contributed by atoms with Gasteiger partial charge in [-0.25, -0.2) is 0 Å². The number of nitrogens with zero attached hydrogens (tertiary/aromatic N) is 1. The number of nitro groups is 1. The van der Waals surface area contributed by atoms with Crippen LogP contribution in [0.25, 0.3) is 0 Å². The Hall–Kier alpha value is -2.15. The van der Waals surface area contributed by atoms with Crippen LogP contribution in [-0.4, -0.2) is 28.6 Å². The smallest absolute Gasteiger partial charge is 0.293 e. The van der Waals surface area contributed by atoms with Gasteiger partial charge in [0.1, 0.15) is 5.69 Å². The molecule has 18 heavy (non-hydrogen) atoms. The van der Waals surface area contributed by atoms with Crippen molar-refractivity contribution < 1.29 is 14.8 Å². The highest BCUT2D eigenvalue weighted by Gasteiger charge is 2.17. The minimum Gasteiger partial charge on any atom is -0.396 e. The van der Waals surface area contributed by atoms with Gasteiger partial charge in [-0.1, -0.05) is 0 Å². The Labute approximate surface area is 104 Å². The van der Waals surface area contributed by atoms with E-state index < -0.39 is 10.8 Å². The van der Waals surface area contributed by atoms with Crippen LogP contribution < -0.4 is 11.1 Å². The van der Waals surface area contributed by atoms with Gasteiger partial charge < -0.3 is 16.2 Å². The Kier molecular flexibility index (Phi) is 4.61. The van der Waals surface area contributed by atoms with Crippen molar-refractivity contribution in [3.63, 3.8) is 0 Å². The zero-order chi connectivity index (χ0) is 13.7. The van der Waals surface area contributed by atoms with Crippen molar-refractivity contribution in [3.05, 3.63) is 33.9 Å². The molecule has 0 aliphatic rings. The van der Waals surface area contributed by atoms with Crippen molar-refractivity contribution in [1.82, 2.24) is 0 Å². The van der Waals surface area contributed by atoms with Gasteiger partial charge in [0.2, 0.25) is 5.91 Å². The van der Waals surface area contributed by atoms with E-state index in [0.29, 0.717) is 12.1 Å². The molecule has 0 saturated heterocycles. The second-order valence-electron chi connectivity index (χ2n) is 3.91. The molecule has 0 fully saturated rings. The maximum absolute atomic E-state index is 11.0. The van der Waals surface area contributed by atoms with Gasteiger partial charge in [0.15, 0.2) is 0 Å². The lowest BCUT2D eigenvalue weighted by Crippen LogP contribution is -2.18. The predicted octanol–water partition coefficient (Wildman–Crippen LogP) is 0.876. The van der Waals surface area contributed by atoms with Gasteiger partial charge in [0.05, 0.1) is 4.92 Å². The number of hydrogen-bond donors (Lipinski definition) is 3. The Balaban J connectivity index is 3.04. The first-order valence-corrected chi connectivity index (χ1v) is 5.41. The third kappa shape index (κ3) is 3.42. The average molecular weight is 253 g/mol. The van der Waals surface area contributed by atoms with Crippen LogP contribution in [0.3, 0.4) is 0 Å². The maximum atomic E-state index is 11.0. The summed E-state index contributed by atoms with van der Waals surface area (Å²) < 4.78 is 0. The molecule has 1 amide bonds. The molecule has 0 spiro atoms. The fraction of sp³-hybridized carbons (Fsp3) is 0.364. The van der Waals surface area contributed by atoms with Crippen molar-refractivity contribution in [3.8, 4) is 0 Å². The summed E-state index contributed by atoms with van der Waals surface area (Å²) >= 11 is 0. The van der Waals surface area contributed by atoms with Crippen LogP contribution in [-0.2, 0) is 0 Å². The molecule has 1 aromatic carbocycles. The first-order valence-electron chi connectivity index (χ1n) is 5.41. The molecular weight excluding hydrogens is 238 g/mol. The summed E-state index contributed by atoms with van der Waals surface area (Å²) in [4.78, 5) is 21.3. The minimum atomic E-state index is -0.715. The molecular formula is C11H15N3O4. The van der Waals surface area contributed by atoms with Gasteiger partial charge in [-0.15, -0.1) is 0 Å². The third-order valence-corrected chi connectivity index (χ3v) is 2.44. The van der Waals surface area contributed by atoms with E-state index in [1.165, 1.54) is 12.1 Å². The molecule has 0 aliphatic carbocycles. The highest BCUT2D eigenvalue weighted by molar-refractivity contribution is 5.94. The molecule has 0 aromatic heterocycles. The molecule has 1 unspecified atom stereocenters. The summed E-state index contributed by atoms with van der Waals surface area (Å²) in [6, 6.07) is 3.87. The van der Waals surface area contributed by atoms with Gasteiger partial charge in [-0.05, 0) is 25.5 Å². The normalized spacial score (nSPS) is 11.9. The topological polar surface area (TPSA) is 118 Å². The second kappa shape index (κ2) is 5.97. The molecule has 98 valence electrons. The van der Waals surface area contributed by atoms with Crippen LogP contribution in [0.5, 0.6) is 0 Å². The molecule has 4 N–H and O–H groups in total. The van der Waals surface area contributed by atoms with Crippen LogP contribution in [0.4, 0.5) is 11.4 Å². The quantitative estimate of drug-likeness (QED) is 0.513. The Morgan fingerprint density at radius 1 is 1.61 bits per heavy atom. The van der Waals surface area contributed by atoms with Gasteiger partial charge in [-0.2, -0.15) is 0 Å². The lowest BCUT2D eigenvalue weighted by molar-refractivity contribution is -0.384. The molecule has 0 heterocycles. The Bertz CT molecular complexity index is 462. The van der Waals surface area contributed by atoms with Crippen molar-refractivity contribution >= 4 is 17.3 Å². The van der Waals surface area contributed by atoms with E-state index in [2.05, 4.69) is 5.32 Å². The zero-order valence-corrected chi connectivity index (χ0v) is 9.92. The number of nitrogens with two attached hydrogens (primary N) is 1. The van der Waals surface area contributed by atoms with Crippen LogP contribution >= 0.6 is 0 Å². The summed E-state index contributed by atoms with van der Waals surface area (Å²) in [7, 11) is 0. The number of nitrogens with one attached hydrogen (secondary N) is 1. The van der Waals surface area contributed by atoms with E-state index >= 15 is 0 Å². The average Bonchev–Trinajstić information content (AvgIpc) is 2.29. The van der Waals surface area contributed by atoms with Gasteiger partial charge >= 0.3 is 0 Å². The second-order valence-corrected chi connectivity index (χ2v) is 3.91. The highest BCUT2D eigenvalue weighted by Crippen LogP contribution is 2.26. The summed E-state index contributed by atoms with van der Waals surface area (Å²) in [5.74, 6) is -0.715. The van der Waals surface area contributed by atoms with E-state index in [1.54, 1.807) is 6.92 Å². The highest BCUT2D eigenvalue weighted by atomic mass is 16.6. The van der Waals surface area contributed by atoms with Gasteiger partial charge in [0, 0.05) is 24.3 Å². The molecule has 0 bridgehead atoms. The summed E-state index contributed by atoms with van der Waals surface area (Å²) in [6.07, 6.45) is 0.467. The van der Waals surface area contributed by atoms with E-state index in [1.807, 2.05) is 0 Å². The number of carbonyl (C=O) groups excluding carboxylic acids is 1. The number of carbonyl (C=O) groups is 1. The lowest BCUT2D eigenvalue weighted by atomic mass is 10.1. The summed E-state index contributed by atoms with van der Waals surface area (Å²) in [5, 5.41) is 22.6. The van der Waals surface area contributed by atoms with Gasteiger partial charge in [0.25, 0.3) is 5.69 Å². The Morgan fingerprint density at radius 2 is 2.28 bits per heavy atom. The van der Waals surface area contributed by atoms with Crippen molar-refractivity contribution in [2.24, 2.45) is 5.73 Å². The fourth-order valence-corrected chi connectivity index (χ4v) is 1.49. The van der Waals surface area contributed by atoms with Crippen molar-refractivity contribution in [2.45, 2.75) is 19.4 Å². The van der Waals surface area contributed by atoms with E-state index in [0.717, 1.165) is 6.07 Å². The third-order valence-electron chi connectivity index (χ3n) is 2.44. The first kappa shape index (κ1) is 13.9. The molecule has 1 atom stereocenters. The van der Waals surface area contributed by atoms with E-state index in [9.17, 15) is 14.9 Å². The molecule has 0 saturated carbocycles. The van der Waals surface area contributed by atoms with E-state index in [-0.39, 0.29) is 23.9 Å². The van der Waals surface area contributed by atoms with Crippen LogP contribution in [0.2, 0.25) is 0 Å². The number of amides is 1. The number of anilines is 1. The number of hydrogen-bond acceptors (Lipinski definition) is 5. The molecule has 7 heteroatoms. The molecule has 0 aliphatic heterocycles. The van der Waals surface area contributed by atoms with Crippen LogP contribution in [0, 0.1) is 10.1 Å². The summed E-state index contributed by atoms with van der Waals surface area (Å²) in [5.41, 5.74) is 5.24. The molecule has 1 rings (SSSR count). The zero-order valence-electron chi connectivity index (χ0n) is 9.92. The predicted molar refractivity (Wildman–Crippen MR) is 66.4 cm³/mol. The van der Waals surface area contributed by atoms with Crippen LogP contribution in [0.15, 0.2) is 18.2 Å². The molecule has 1 aromatic rings. The monoisotopic (exact) mass is 253 g/mol. The summed E-state index contributed by atoms with van der Waals surface area (Å²) in [6.45, 7) is 1.78. The first-order chi connectivity index (χ1) is 8.45. The Morgan fingerprint density at radius 3 is 2.78 bits per heavy atom. The van der Waals surface area contributed by atoms with Crippen molar-refractivity contribution in [1.29, 1.82) is 0 Å². The molecule has 7 nitrogen and oxygen atoms in total. The minimum absolute atomic E-state index is 0.0126. The SMILES string of the molecule is CC(CCO)Nc1ccc(C(N)=O)cc1[N+](=O)[O-]. The number of primary amides is 1. The largest absolute Gasteiger partial charge is 0.396 e. The maximum Gasteiger partial charge on any atom is 0.293 e. The van der Waals surface area contributed by atoms with Crippen LogP contribution in [0.1, 0.15) is 23.7 Å². The molecule has 0 radical (unpaired) electrons. The lowest BCUT2D eigenvalue weighted by Gasteiger charge is -2.14. The number of rotatable bonds is 6. The number of benzene rings is 1. The van der Waals surface area contributed by atoms with Gasteiger partial charge in [-0.3, -0.25) is 14.9 Å². The van der Waals surface area contributed by atoms with Crippen molar-refractivity contribution in [2.75, 3.05) is 11.9 Å².